The van der Waals surface area contributed by atoms with E-state index in [0.717, 1.165) is 0 Å². The molecule has 0 aliphatic carbocycles. The molecule has 0 bridgehead atoms. The van der Waals surface area contributed by atoms with Crippen molar-refractivity contribution in [2.24, 2.45) is 0 Å². The molecule has 0 saturated heterocycles. The van der Waals surface area contributed by atoms with Gasteiger partial charge in [-0.3, -0.25) is 0 Å². The molecule has 0 saturated carbocycles. The van der Waals surface area contributed by atoms with Gasteiger partial charge in [-0.05, 0) is 0 Å². The summed E-state index contributed by atoms with van der Waals surface area (Å²) in [6, 6.07) is 5.50. The summed E-state index contributed by atoms with van der Waals surface area (Å²) in [7, 11) is 0. The Morgan fingerprint density at radius 3 is 2.00 bits per heavy atom. The standard InChI is InChI=1S/C5H4N.CH3.BrH.Zn/c1-2-4-6-5-3-1;;;/h1-4H;1H3;1H;/q2*-1;;+2. The molecule has 1 nitrogen and oxygen atoms in total. The van der Waals surface area contributed by atoms with Crippen molar-refractivity contribution in [1.29, 1.82) is 0 Å². The molecule has 1 aromatic heterocycles. The Hall–Kier alpha value is 0.253. The third-order valence-corrected chi connectivity index (χ3v) is 0.517. The maximum absolute atomic E-state index is 3.66. The minimum absolute atomic E-state index is 0. The summed E-state index contributed by atoms with van der Waals surface area (Å²) < 4.78 is 0. The number of hydrogen-bond donors (Lipinski definition) is 0. The summed E-state index contributed by atoms with van der Waals surface area (Å²) in [5.41, 5.74) is 0. The average molecular weight is 239 g/mol. The smallest absolute Gasteiger partial charge is 0.394 e. The largest absolute Gasteiger partial charge is 2.00 e. The van der Waals surface area contributed by atoms with E-state index in [-0.39, 0.29) is 43.9 Å². The fourth-order valence-electron chi connectivity index (χ4n) is 0.277. The van der Waals surface area contributed by atoms with Crippen molar-refractivity contribution in [2.45, 2.75) is 0 Å². The number of aromatic nitrogens is 1. The van der Waals surface area contributed by atoms with Crippen LogP contribution >= 0.6 is 17.0 Å². The first-order valence-corrected chi connectivity index (χ1v) is 1.77. The number of nitrogens with zero attached hydrogens (tertiary/aromatic N) is 1. The van der Waals surface area contributed by atoms with Gasteiger partial charge in [0, 0.05) is 0 Å². The van der Waals surface area contributed by atoms with Gasteiger partial charge in [0.05, 0.1) is 0 Å². The molecule has 1 heterocycles. The van der Waals surface area contributed by atoms with E-state index < -0.39 is 0 Å². The van der Waals surface area contributed by atoms with Gasteiger partial charge in [0.15, 0.2) is 0 Å². The zero-order valence-corrected chi connectivity index (χ0v) is 10.1. The van der Waals surface area contributed by atoms with Crippen molar-refractivity contribution >= 4 is 17.0 Å². The van der Waals surface area contributed by atoms with Crippen molar-refractivity contribution in [3.63, 3.8) is 0 Å². The van der Waals surface area contributed by atoms with Crippen LogP contribution in [-0.2, 0) is 19.5 Å². The summed E-state index contributed by atoms with van der Waals surface area (Å²) in [6.07, 6.45) is 4.34. The first-order valence-electron chi connectivity index (χ1n) is 1.77. The second-order valence-electron chi connectivity index (χ2n) is 0.959. The number of rotatable bonds is 0. The van der Waals surface area contributed by atoms with Gasteiger partial charge in [0.2, 0.25) is 0 Å². The average Bonchev–Trinajstić information content (AvgIpc) is 1.72. The Bertz CT molecular complexity index is 85.0. The van der Waals surface area contributed by atoms with E-state index in [1.165, 1.54) is 0 Å². The van der Waals surface area contributed by atoms with Crippen molar-refractivity contribution in [2.75, 3.05) is 0 Å². The molecule has 46 valence electrons. The summed E-state index contributed by atoms with van der Waals surface area (Å²) in [5, 5.41) is 0. The van der Waals surface area contributed by atoms with Crippen LogP contribution in [0.4, 0.5) is 0 Å². The van der Waals surface area contributed by atoms with E-state index in [4.69, 9.17) is 0 Å². The Morgan fingerprint density at radius 1 is 1.22 bits per heavy atom. The van der Waals surface area contributed by atoms with Gasteiger partial charge in [-0.1, -0.05) is 12.4 Å². The Morgan fingerprint density at radius 2 is 1.89 bits per heavy atom. The molecule has 1 rings (SSSR count). The second kappa shape index (κ2) is 11.1. The third-order valence-electron chi connectivity index (χ3n) is 0.517. The fraction of sp³-hybridized carbons (Fsp3) is 0. The second-order valence-corrected chi connectivity index (χ2v) is 0.959. The number of halogens is 1. The zero-order valence-electron chi connectivity index (χ0n) is 5.37. The molecular formula is C6H8BrNZn. The molecule has 0 atom stereocenters. The van der Waals surface area contributed by atoms with Crippen LogP contribution in [0.5, 0.6) is 0 Å². The van der Waals surface area contributed by atoms with E-state index in [1.54, 1.807) is 12.3 Å². The van der Waals surface area contributed by atoms with Gasteiger partial charge < -0.3 is 12.4 Å². The molecule has 0 unspecified atom stereocenters. The molecule has 0 N–H and O–H groups in total. The summed E-state index contributed by atoms with van der Waals surface area (Å²) in [6.45, 7) is 0. The van der Waals surface area contributed by atoms with Crippen LogP contribution in [0.1, 0.15) is 0 Å². The summed E-state index contributed by atoms with van der Waals surface area (Å²) in [5.74, 6) is 0. The van der Waals surface area contributed by atoms with Crippen LogP contribution in [-0.4, -0.2) is 4.98 Å². The molecule has 0 aromatic carbocycles. The first-order chi connectivity index (χ1) is 3.00. The van der Waals surface area contributed by atoms with E-state index in [0.29, 0.717) is 0 Å². The van der Waals surface area contributed by atoms with E-state index in [2.05, 4.69) is 11.2 Å². The molecule has 0 aliphatic rings. The van der Waals surface area contributed by atoms with Crippen molar-refractivity contribution in [3.8, 4) is 0 Å². The van der Waals surface area contributed by atoms with Crippen LogP contribution in [0.3, 0.4) is 0 Å². The Labute approximate surface area is 79.4 Å². The van der Waals surface area contributed by atoms with Crippen molar-refractivity contribution in [3.05, 3.63) is 38.0 Å². The van der Waals surface area contributed by atoms with Crippen LogP contribution in [0.15, 0.2) is 24.4 Å². The molecule has 0 aliphatic heterocycles. The van der Waals surface area contributed by atoms with Gasteiger partial charge in [-0.2, -0.15) is 18.2 Å². The van der Waals surface area contributed by atoms with E-state index >= 15 is 0 Å². The molecule has 0 amide bonds. The zero-order chi connectivity index (χ0) is 4.24. The predicted molar refractivity (Wildman–Crippen MR) is 39.8 cm³/mol. The normalized spacial score (nSPS) is 5.33. The van der Waals surface area contributed by atoms with Crippen LogP contribution in [0.2, 0.25) is 0 Å². The van der Waals surface area contributed by atoms with Crippen molar-refractivity contribution in [1.82, 2.24) is 4.98 Å². The number of pyridine rings is 1. The molecular weight excluding hydrogens is 231 g/mol. The summed E-state index contributed by atoms with van der Waals surface area (Å²) >= 11 is 0. The van der Waals surface area contributed by atoms with E-state index in [9.17, 15) is 0 Å². The van der Waals surface area contributed by atoms with E-state index in [1.807, 2.05) is 12.1 Å². The van der Waals surface area contributed by atoms with Gasteiger partial charge in [-0.15, -0.1) is 17.0 Å². The number of hydrogen-bond acceptors (Lipinski definition) is 1. The first kappa shape index (κ1) is 16.1. The minimum Gasteiger partial charge on any atom is -0.394 e. The SMILES string of the molecule is Br.[CH3-].[Zn+2].[c-]1ccccn1. The summed E-state index contributed by atoms with van der Waals surface area (Å²) in [4.78, 5) is 3.66. The predicted octanol–water partition coefficient (Wildman–Crippen LogP) is 1.91. The minimum atomic E-state index is 0. The molecule has 0 spiro atoms. The van der Waals surface area contributed by atoms with Gasteiger partial charge >= 0.3 is 19.5 Å². The van der Waals surface area contributed by atoms with Crippen LogP contribution < -0.4 is 0 Å². The maximum Gasteiger partial charge on any atom is 2.00 e. The monoisotopic (exact) mass is 237 g/mol. The van der Waals surface area contributed by atoms with Gasteiger partial charge in [0.25, 0.3) is 0 Å². The third kappa shape index (κ3) is 8.25. The van der Waals surface area contributed by atoms with Gasteiger partial charge in [-0.25, -0.2) is 0 Å². The van der Waals surface area contributed by atoms with Crippen LogP contribution in [0.25, 0.3) is 0 Å². The van der Waals surface area contributed by atoms with Crippen LogP contribution in [0, 0.1) is 13.6 Å². The molecule has 0 fully saturated rings. The molecule has 1 aromatic rings. The Balaban J connectivity index is -0.000000120. The Kier molecular flexibility index (Phi) is 19.9. The molecule has 0 radical (unpaired) electrons. The fourth-order valence-corrected chi connectivity index (χ4v) is 0.277. The maximum atomic E-state index is 3.66. The molecule has 9 heavy (non-hydrogen) atoms. The van der Waals surface area contributed by atoms with Crippen molar-refractivity contribution < 1.29 is 19.5 Å². The quantitative estimate of drug-likeness (QED) is 0.498. The topological polar surface area (TPSA) is 12.9 Å². The van der Waals surface area contributed by atoms with Gasteiger partial charge in [0.1, 0.15) is 0 Å². The molecule has 3 heteroatoms.